The van der Waals surface area contributed by atoms with Crippen LogP contribution in [0.1, 0.15) is 41.5 Å². The van der Waals surface area contributed by atoms with Crippen LogP contribution in [0.15, 0.2) is 0 Å². The third-order valence-electron chi connectivity index (χ3n) is 3.48. The molecular formula is C11H22O. The molecule has 1 aliphatic rings. The van der Waals surface area contributed by atoms with Crippen LogP contribution in [0.2, 0.25) is 0 Å². The molecule has 0 saturated heterocycles. The van der Waals surface area contributed by atoms with Gasteiger partial charge in [0.1, 0.15) is 0 Å². The van der Waals surface area contributed by atoms with Crippen molar-refractivity contribution in [3.05, 3.63) is 0 Å². The van der Waals surface area contributed by atoms with E-state index in [1.54, 1.807) is 0 Å². The van der Waals surface area contributed by atoms with Crippen LogP contribution in [0.5, 0.6) is 0 Å². The Kier molecular flexibility index (Phi) is 2.07. The molecule has 0 bridgehead atoms. The molecule has 1 rings (SSSR count). The fourth-order valence-electron chi connectivity index (χ4n) is 2.90. The Bertz CT molecular complexity index is 178. The number of rotatable bonds is 1. The van der Waals surface area contributed by atoms with Gasteiger partial charge in [-0.15, -0.1) is 0 Å². The summed E-state index contributed by atoms with van der Waals surface area (Å²) in [6.45, 7) is 13.0. The molecule has 0 amide bonds. The van der Waals surface area contributed by atoms with Crippen molar-refractivity contribution >= 4 is 0 Å². The van der Waals surface area contributed by atoms with Crippen LogP contribution in [0, 0.1) is 23.2 Å². The lowest BCUT2D eigenvalue weighted by Crippen LogP contribution is -2.25. The molecule has 12 heavy (non-hydrogen) atoms. The Balaban J connectivity index is 2.77. The van der Waals surface area contributed by atoms with Crippen molar-refractivity contribution in [2.75, 3.05) is 0 Å². The lowest BCUT2D eigenvalue weighted by molar-refractivity contribution is 0.0522. The van der Waals surface area contributed by atoms with E-state index in [2.05, 4.69) is 41.5 Å². The van der Waals surface area contributed by atoms with Crippen LogP contribution in [0.4, 0.5) is 0 Å². The van der Waals surface area contributed by atoms with Crippen molar-refractivity contribution in [1.82, 2.24) is 0 Å². The zero-order chi connectivity index (χ0) is 9.73. The second-order valence-corrected chi connectivity index (χ2v) is 5.67. The van der Waals surface area contributed by atoms with E-state index in [-0.39, 0.29) is 5.41 Å². The second-order valence-electron chi connectivity index (χ2n) is 5.67. The molecule has 0 aromatic heterocycles. The maximum Gasteiger partial charge on any atom is 0.0736 e. The van der Waals surface area contributed by atoms with Crippen LogP contribution < -0.4 is 0 Å². The molecule has 3 atom stereocenters. The first-order valence-corrected chi connectivity index (χ1v) is 4.94. The average Bonchev–Trinajstić information content (AvgIpc) is 2.35. The van der Waals surface area contributed by atoms with Gasteiger partial charge in [-0.1, -0.05) is 41.5 Å². The van der Waals surface area contributed by atoms with Crippen LogP contribution >= 0.6 is 0 Å². The van der Waals surface area contributed by atoms with E-state index in [1.165, 1.54) is 0 Å². The van der Waals surface area contributed by atoms with Gasteiger partial charge in [-0.25, -0.2) is 0 Å². The Labute approximate surface area is 76.2 Å². The van der Waals surface area contributed by atoms with Gasteiger partial charge >= 0.3 is 0 Å². The number of hydrogen-bond acceptors (Lipinski definition) is 1. The van der Waals surface area contributed by atoms with Crippen molar-refractivity contribution in [3.63, 3.8) is 0 Å². The van der Waals surface area contributed by atoms with Gasteiger partial charge in [0.05, 0.1) is 5.60 Å². The van der Waals surface area contributed by atoms with E-state index in [1.807, 2.05) is 0 Å². The SMILES string of the molecule is CC(C)C1(O)C(C)C1C(C)(C)C. The fourth-order valence-corrected chi connectivity index (χ4v) is 2.90. The average molecular weight is 170 g/mol. The van der Waals surface area contributed by atoms with E-state index in [9.17, 15) is 5.11 Å². The van der Waals surface area contributed by atoms with Crippen molar-refractivity contribution in [2.45, 2.75) is 47.1 Å². The fraction of sp³-hybridized carbons (Fsp3) is 1.00. The number of aliphatic hydroxyl groups is 1. The molecule has 0 radical (unpaired) electrons. The van der Waals surface area contributed by atoms with Gasteiger partial charge in [0.15, 0.2) is 0 Å². The first-order valence-electron chi connectivity index (χ1n) is 4.94. The summed E-state index contributed by atoms with van der Waals surface area (Å²) < 4.78 is 0. The van der Waals surface area contributed by atoms with Gasteiger partial charge in [-0.3, -0.25) is 0 Å². The predicted molar refractivity (Wildman–Crippen MR) is 51.9 cm³/mol. The summed E-state index contributed by atoms with van der Waals surface area (Å²) in [7, 11) is 0. The minimum Gasteiger partial charge on any atom is -0.389 e. The zero-order valence-corrected chi connectivity index (χ0v) is 9.18. The van der Waals surface area contributed by atoms with Gasteiger partial charge in [-0.05, 0) is 23.2 Å². The predicted octanol–water partition coefficient (Wildman–Crippen LogP) is 2.69. The first-order chi connectivity index (χ1) is 5.22. The van der Waals surface area contributed by atoms with Crippen molar-refractivity contribution < 1.29 is 5.11 Å². The molecule has 0 aromatic carbocycles. The molecule has 1 saturated carbocycles. The molecule has 0 spiro atoms. The third-order valence-corrected chi connectivity index (χ3v) is 3.48. The topological polar surface area (TPSA) is 20.2 Å². The highest BCUT2D eigenvalue weighted by atomic mass is 16.3. The second kappa shape index (κ2) is 2.47. The maximum atomic E-state index is 10.3. The van der Waals surface area contributed by atoms with Crippen LogP contribution in [-0.4, -0.2) is 10.7 Å². The molecule has 0 aromatic rings. The van der Waals surface area contributed by atoms with E-state index in [0.717, 1.165) is 0 Å². The summed E-state index contributed by atoms with van der Waals surface area (Å²) in [5, 5.41) is 10.3. The van der Waals surface area contributed by atoms with E-state index < -0.39 is 5.60 Å². The Morgan fingerprint density at radius 2 is 1.67 bits per heavy atom. The van der Waals surface area contributed by atoms with Crippen LogP contribution in [0.25, 0.3) is 0 Å². The summed E-state index contributed by atoms with van der Waals surface area (Å²) in [6.07, 6.45) is 0. The van der Waals surface area contributed by atoms with Crippen LogP contribution in [-0.2, 0) is 0 Å². The third kappa shape index (κ3) is 1.19. The summed E-state index contributed by atoms with van der Waals surface area (Å²) in [4.78, 5) is 0. The largest absolute Gasteiger partial charge is 0.389 e. The number of hydrogen-bond donors (Lipinski definition) is 1. The highest BCUT2D eigenvalue weighted by molar-refractivity contribution is 5.15. The molecule has 1 fully saturated rings. The highest BCUT2D eigenvalue weighted by Crippen LogP contribution is 2.62. The minimum atomic E-state index is -0.391. The molecule has 1 aliphatic carbocycles. The van der Waals surface area contributed by atoms with Crippen molar-refractivity contribution in [1.29, 1.82) is 0 Å². The molecule has 0 aliphatic heterocycles. The summed E-state index contributed by atoms with van der Waals surface area (Å²) in [5.41, 5.74) is -0.142. The van der Waals surface area contributed by atoms with Gasteiger partial charge in [0, 0.05) is 0 Å². The normalized spacial score (nSPS) is 42.0. The lowest BCUT2D eigenvalue weighted by Gasteiger charge is -2.23. The summed E-state index contributed by atoms with van der Waals surface area (Å²) in [5.74, 6) is 1.33. The van der Waals surface area contributed by atoms with E-state index in [4.69, 9.17) is 0 Å². The van der Waals surface area contributed by atoms with Gasteiger partial charge in [-0.2, -0.15) is 0 Å². The Morgan fingerprint density at radius 3 is 1.75 bits per heavy atom. The summed E-state index contributed by atoms with van der Waals surface area (Å²) in [6, 6.07) is 0. The molecule has 0 heterocycles. The van der Waals surface area contributed by atoms with E-state index >= 15 is 0 Å². The minimum absolute atomic E-state index is 0.248. The molecule has 72 valence electrons. The highest BCUT2D eigenvalue weighted by Gasteiger charge is 2.66. The van der Waals surface area contributed by atoms with Gasteiger partial charge in [0.25, 0.3) is 0 Å². The molecule has 3 unspecified atom stereocenters. The summed E-state index contributed by atoms with van der Waals surface area (Å²) >= 11 is 0. The smallest absolute Gasteiger partial charge is 0.0736 e. The molecule has 1 heteroatoms. The lowest BCUT2D eigenvalue weighted by atomic mass is 9.85. The van der Waals surface area contributed by atoms with Crippen molar-refractivity contribution in [2.24, 2.45) is 23.2 Å². The zero-order valence-electron chi connectivity index (χ0n) is 9.18. The molecule has 1 N–H and O–H groups in total. The van der Waals surface area contributed by atoms with Gasteiger partial charge < -0.3 is 5.11 Å². The van der Waals surface area contributed by atoms with Crippen LogP contribution in [0.3, 0.4) is 0 Å². The van der Waals surface area contributed by atoms with Gasteiger partial charge in [0.2, 0.25) is 0 Å². The first kappa shape index (κ1) is 10.0. The molecule has 1 nitrogen and oxygen atoms in total. The van der Waals surface area contributed by atoms with Crippen molar-refractivity contribution in [3.8, 4) is 0 Å². The standard InChI is InChI=1S/C11H22O/c1-7(2)11(12)8(3)9(11)10(4,5)6/h7-9,12H,1-6H3. The maximum absolute atomic E-state index is 10.3. The molecular weight excluding hydrogens is 148 g/mol. The monoisotopic (exact) mass is 170 g/mol. The Morgan fingerprint density at radius 1 is 1.25 bits per heavy atom. The Hall–Kier alpha value is -0.0400. The van der Waals surface area contributed by atoms with E-state index in [0.29, 0.717) is 17.8 Å². The quantitative estimate of drug-likeness (QED) is 0.641.